The first kappa shape index (κ1) is 29.3. The number of aromatic nitrogens is 3. The molecule has 2 aromatic carbocycles. The maximum absolute atomic E-state index is 13.6. The Kier molecular flexibility index (Phi) is 8.88. The number of rotatable bonds is 8. The van der Waals surface area contributed by atoms with E-state index in [0.717, 1.165) is 28.7 Å². The molecule has 2 unspecified atom stereocenters. The Morgan fingerprint density at radius 3 is 2.29 bits per heavy atom. The number of urea groups is 1. The van der Waals surface area contributed by atoms with Gasteiger partial charge in [-0.15, -0.1) is 5.10 Å². The van der Waals surface area contributed by atoms with E-state index in [2.05, 4.69) is 10.1 Å². The summed E-state index contributed by atoms with van der Waals surface area (Å²) in [6.45, 7) is 1.91. The number of likely N-dealkylation sites (tertiary alicyclic amines) is 2. The smallest absolute Gasteiger partial charge is 0.335 e. The topological polar surface area (TPSA) is 172 Å². The summed E-state index contributed by atoms with van der Waals surface area (Å²) < 4.78 is 1.11. The first-order valence-corrected chi connectivity index (χ1v) is 14.8. The summed E-state index contributed by atoms with van der Waals surface area (Å²) in [4.78, 5) is 58.7. The molecule has 1 aromatic heterocycles. The minimum absolute atomic E-state index is 0.0512. The van der Waals surface area contributed by atoms with Crippen LogP contribution in [0.25, 0.3) is 0 Å². The van der Waals surface area contributed by atoms with Crippen LogP contribution in [0.1, 0.15) is 69.3 Å². The number of carbonyl (C=O) groups is 4. The van der Waals surface area contributed by atoms with Crippen molar-refractivity contribution in [3.8, 4) is 0 Å². The number of carbonyl (C=O) groups excluding carboxylic acids is 2. The van der Waals surface area contributed by atoms with Gasteiger partial charge in [0, 0.05) is 37.5 Å². The lowest BCUT2D eigenvalue weighted by Crippen LogP contribution is -2.55. The molecule has 2 atom stereocenters. The molecule has 0 radical (unpaired) electrons. The number of thioether (sulfide) groups is 1. The van der Waals surface area contributed by atoms with E-state index >= 15 is 0 Å². The van der Waals surface area contributed by atoms with Crippen LogP contribution in [-0.2, 0) is 17.1 Å². The molecule has 0 spiro atoms. The maximum Gasteiger partial charge on any atom is 0.335 e. The van der Waals surface area contributed by atoms with Gasteiger partial charge >= 0.3 is 18.0 Å². The molecule has 0 saturated carbocycles. The zero-order chi connectivity index (χ0) is 29.8. The molecule has 4 N–H and O–H groups in total. The summed E-state index contributed by atoms with van der Waals surface area (Å²) >= 11 is 1.25. The summed E-state index contributed by atoms with van der Waals surface area (Å²) in [7, 11) is 0. The summed E-state index contributed by atoms with van der Waals surface area (Å²) in [5, 5.41) is 24.4. The second kappa shape index (κ2) is 12.7. The summed E-state index contributed by atoms with van der Waals surface area (Å²) in [5.74, 6) is -3.05. The van der Waals surface area contributed by atoms with Crippen molar-refractivity contribution in [2.75, 3.05) is 19.6 Å². The van der Waals surface area contributed by atoms with Crippen LogP contribution in [0.4, 0.5) is 4.79 Å². The first-order chi connectivity index (χ1) is 20.3. The van der Waals surface area contributed by atoms with Crippen LogP contribution in [0.5, 0.6) is 0 Å². The van der Waals surface area contributed by atoms with Crippen LogP contribution >= 0.6 is 11.8 Å². The normalized spacial score (nSPS) is 18.7. The van der Waals surface area contributed by atoms with E-state index in [0.29, 0.717) is 44.8 Å². The third-order valence-corrected chi connectivity index (χ3v) is 8.61. The fraction of sp³-hybridized carbons (Fsp3) is 0.379. The number of benzene rings is 2. The molecule has 2 aliphatic rings. The van der Waals surface area contributed by atoms with Crippen molar-refractivity contribution in [1.29, 1.82) is 0 Å². The fourth-order valence-corrected chi connectivity index (χ4v) is 6.29. The Labute approximate surface area is 246 Å². The van der Waals surface area contributed by atoms with Crippen molar-refractivity contribution < 1.29 is 29.4 Å². The summed E-state index contributed by atoms with van der Waals surface area (Å²) in [6, 6.07) is 11.8. The van der Waals surface area contributed by atoms with Crippen LogP contribution < -0.4 is 5.73 Å². The van der Waals surface area contributed by atoms with Crippen LogP contribution in [0.15, 0.2) is 53.7 Å². The van der Waals surface area contributed by atoms with Crippen molar-refractivity contribution in [2.45, 2.75) is 55.1 Å². The van der Waals surface area contributed by atoms with Crippen LogP contribution in [0.3, 0.4) is 0 Å². The highest BCUT2D eigenvalue weighted by molar-refractivity contribution is 7.98. The lowest BCUT2D eigenvalue weighted by molar-refractivity contribution is -0.144. The third-order valence-electron chi connectivity index (χ3n) is 7.61. The highest BCUT2D eigenvalue weighted by atomic mass is 32.2. The Hall–Kier alpha value is -4.23. The molecule has 42 heavy (non-hydrogen) atoms. The number of piperidine rings is 1. The Morgan fingerprint density at radius 2 is 1.62 bits per heavy atom. The van der Waals surface area contributed by atoms with Gasteiger partial charge in [-0.3, -0.25) is 4.79 Å². The van der Waals surface area contributed by atoms with E-state index in [1.165, 1.54) is 40.9 Å². The second-order valence-corrected chi connectivity index (χ2v) is 11.3. The fourth-order valence-electron chi connectivity index (χ4n) is 5.40. The van der Waals surface area contributed by atoms with Crippen LogP contribution in [0.2, 0.25) is 0 Å². The summed E-state index contributed by atoms with van der Waals surface area (Å²) in [5.41, 5.74) is 7.69. The minimum Gasteiger partial charge on any atom is -0.480 e. The lowest BCUT2D eigenvalue weighted by Gasteiger charge is -2.39. The molecule has 2 aliphatic heterocycles. The lowest BCUT2D eigenvalue weighted by atomic mass is 9.88. The molecule has 0 bridgehead atoms. The number of carboxylic acid groups (broad SMARTS) is 2. The van der Waals surface area contributed by atoms with Gasteiger partial charge < -0.3 is 25.7 Å². The van der Waals surface area contributed by atoms with Crippen molar-refractivity contribution >= 4 is 35.6 Å². The van der Waals surface area contributed by atoms with Gasteiger partial charge in [-0.1, -0.05) is 42.1 Å². The van der Waals surface area contributed by atoms with Gasteiger partial charge in [-0.05, 0) is 55.0 Å². The molecular weight excluding hydrogens is 560 g/mol. The number of aromatic carboxylic acids is 1. The highest BCUT2D eigenvalue weighted by Gasteiger charge is 2.44. The predicted octanol–water partition coefficient (Wildman–Crippen LogP) is 3.26. The van der Waals surface area contributed by atoms with E-state index in [-0.39, 0.29) is 28.1 Å². The number of nitrogens with two attached hydrogens (primary N) is 1. The van der Waals surface area contributed by atoms with Gasteiger partial charge in [0.15, 0.2) is 11.0 Å². The quantitative estimate of drug-likeness (QED) is 0.330. The molecule has 5 rings (SSSR count). The average molecular weight is 593 g/mol. The monoisotopic (exact) mass is 592 g/mol. The zero-order valence-corrected chi connectivity index (χ0v) is 23.7. The van der Waals surface area contributed by atoms with Gasteiger partial charge in [0.1, 0.15) is 6.04 Å². The minimum atomic E-state index is -1.19. The van der Waals surface area contributed by atoms with Gasteiger partial charge in [-0.25, -0.2) is 19.4 Å². The molecule has 0 aliphatic carbocycles. The molecular formula is C29H32N6O6S. The van der Waals surface area contributed by atoms with Gasteiger partial charge in [-0.2, -0.15) is 4.68 Å². The molecule has 220 valence electrons. The van der Waals surface area contributed by atoms with Gasteiger partial charge in [0.2, 0.25) is 0 Å². The number of carboxylic acids is 2. The maximum atomic E-state index is 13.6. The van der Waals surface area contributed by atoms with E-state index in [4.69, 9.17) is 5.73 Å². The Bertz CT molecular complexity index is 1490. The Morgan fingerprint density at radius 1 is 0.929 bits per heavy atom. The molecule has 3 aromatic rings. The SMILES string of the molecule is NCc1ccc(CSc2nc(C3CCCN(C(=O)N4CCCC4)C3C(=O)O)nn2C(=O)c2cccc(C(=O)O)c2)cc1. The number of amides is 2. The first-order valence-electron chi connectivity index (χ1n) is 13.8. The predicted molar refractivity (Wildman–Crippen MR) is 153 cm³/mol. The summed E-state index contributed by atoms with van der Waals surface area (Å²) in [6.07, 6.45) is 2.76. The average Bonchev–Trinajstić information content (AvgIpc) is 3.70. The third kappa shape index (κ3) is 6.16. The standard InChI is InChI=1S/C29H32N6O6S/c30-16-18-8-10-19(11-9-18)17-42-28-31-24(32-35(28)25(36)20-5-3-6-21(15-20)26(37)38)22-7-4-14-34(23(22)27(39)40)29(41)33-12-1-2-13-33/h3,5-6,8-11,15,22-23H,1-2,4,7,12-14,16-17,30H2,(H,37,38)(H,39,40). The number of hydrogen-bond acceptors (Lipinski definition) is 8. The highest BCUT2D eigenvalue weighted by Crippen LogP contribution is 2.34. The van der Waals surface area contributed by atoms with Crippen LogP contribution in [0, 0.1) is 0 Å². The number of aliphatic carboxylic acids is 1. The van der Waals surface area contributed by atoms with Crippen LogP contribution in [-0.4, -0.2) is 84.3 Å². The molecule has 3 heterocycles. The van der Waals surface area contributed by atoms with Crippen molar-refractivity contribution in [3.63, 3.8) is 0 Å². The number of hydrogen-bond donors (Lipinski definition) is 3. The van der Waals surface area contributed by atoms with Gasteiger partial charge in [0.05, 0.1) is 11.5 Å². The second-order valence-electron chi connectivity index (χ2n) is 10.4. The van der Waals surface area contributed by atoms with E-state index in [1.807, 2.05) is 24.3 Å². The molecule has 2 saturated heterocycles. The van der Waals surface area contributed by atoms with E-state index in [1.54, 1.807) is 4.90 Å². The van der Waals surface area contributed by atoms with Gasteiger partial charge in [0.25, 0.3) is 5.91 Å². The Balaban J connectivity index is 1.49. The largest absolute Gasteiger partial charge is 0.480 e. The van der Waals surface area contributed by atoms with Crippen molar-refractivity contribution in [3.05, 3.63) is 76.6 Å². The van der Waals surface area contributed by atoms with E-state index in [9.17, 15) is 29.4 Å². The molecule has 12 nitrogen and oxygen atoms in total. The van der Waals surface area contributed by atoms with E-state index < -0.39 is 29.8 Å². The van der Waals surface area contributed by atoms with Crippen molar-refractivity contribution in [1.82, 2.24) is 24.6 Å². The molecule has 2 amide bonds. The van der Waals surface area contributed by atoms with Crippen molar-refractivity contribution in [2.24, 2.45) is 5.73 Å². The zero-order valence-electron chi connectivity index (χ0n) is 22.9. The molecule has 13 heteroatoms. The number of nitrogens with zero attached hydrogens (tertiary/aromatic N) is 5. The molecule has 2 fully saturated rings.